The van der Waals surface area contributed by atoms with Crippen LogP contribution in [0.4, 0.5) is 17.1 Å². The van der Waals surface area contributed by atoms with Crippen LogP contribution in [0.25, 0.3) is 10.9 Å². The van der Waals surface area contributed by atoms with Crippen molar-refractivity contribution in [2.75, 3.05) is 17.7 Å². The Bertz CT molecular complexity index is 708. The van der Waals surface area contributed by atoms with Gasteiger partial charge in [0.15, 0.2) is 0 Å². The Morgan fingerprint density at radius 2 is 1.74 bits per heavy atom. The molecule has 94 valence electrons. The molecule has 0 aliphatic carbocycles. The first-order valence-electron chi connectivity index (χ1n) is 6.19. The zero-order valence-electron chi connectivity index (χ0n) is 10.7. The molecule has 3 nitrogen and oxygen atoms in total. The number of benzene rings is 2. The van der Waals surface area contributed by atoms with Crippen LogP contribution in [0, 0.1) is 0 Å². The number of rotatable bonds is 2. The van der Waals surface area contributed by atoms with Gasteiger partial charge in [0.2, 0.25) is 0 Å². The predicted molar refractivity (Wildman–Crippen MR) is 80.7 cm³/mol. The van der Waals surface area contributed by atoms with Gasteiger partial charge in [-0.25, -0.2) is 0 Å². The minimum Gasteiger partial charge on any atom is -0.396 e. The minimum atomic E-state index is 0.761. The number of aromatic nitrogens is 1. The van der Waals surface area contributed by atoms with E-state index in [1.54, 1.807) is 6.20 Å². The Hall–Kier alpha value is -2.55. The zero-order chi connectivity index (χ0) is 13.2. The molecular weight excluding hydrogens is 234 g/mol. The maximum atomic E-state index is 6.28. The van der Waals surface area contributed by atoms with Gasteiger partial charge >= 0.3 is 0 Å². The van der Waals surface area contributed by atoms with Gasteiger partial charge in [-0.15, -0.1) is 0 Å². The van der Waals surface area contributed by atoms with Gasteiger partial charge in [0, 0.05) is 24.3 Å². The van der Waals surface area contributed by atoms with E-state index < -0.39 is 0 Å². The summed E-state index contributed by atoms with van der Waals surface area (Å²) in [7, 11) is 2.02. The third-order valence-electron chi connectivity index (χ3n) is 3.31. The van der Waals surface area contributed by atoms with Crippen molar-refractivity contribution in [3.8, 4) is 0 Å². The Morgan fingerprint density at radius 1 is 0.947 bits per heavy atom. The molecule has 0 atom stereocenters. The van der Waals surface area contributed by atoms with Crippen LogP contribution in [0.3, 0.4) is 0 Å². The second-order valence-electron chi connectivity index (χ2n) is 4.46. The van der Waals surface area contributed by atoms with E-state index >= 15 is 0 Å². The summed E-state index contributed by atoms with van der Waals surface area (Å²) >= 11 is 0. The lowest BCUT2D eigenvalue weighted by atomic mass is 10.1. The van der Waals surface area contributed by atoms with Gasteiger partial charge in [0.1, 0.15) is 0 Å². The second kappa shape index (κ2) is 4.61. The van der Waals surface area contributed by atoms with Gasteiger partial charge in [-0.2, -0.15) is 0 Å². The molecule has 0 amide bonds. The van der Waals surface area contributed by atoms with E-state index in [1.807, 2.05) is 49.5 Å². The van der Waals surface area contributed by atoms with Crippen molar-refractivity contribution in [2.24, 2.45) is 0 Å². The van der Waals surface area contributed by atoms with Gasteiger partial charge in [-0.3, -0.25) is 4.98 Å². The summed E-state index contributed by atoms with van der Waals surface area (Å²) in [5, 5.41) is 0.989. The van der Waals surface area contributed by atoms with Gasteiger partial charge in [0.05, 0.1) is 16.9 Å². The molecule has 1 aromatic heterocycles. The van der Waals surface area contributed by atoms with Crippen LogP contribution < -0.4 is 10.6 Å². The molecule has 3 heteroatoms. The maximum absolute atomic E-state index is 6.28. The molecule has 0 spiro atoms. The van der Waals surface area contributed by atoms with Crippen molar-refractivity contribution in [3.05, 3.63) is 60.8 Å². The van der Waals surface area contributed by atoms with Crippen molar-refractivity contribution < 1.29 is 0 Å². The van der Waals surface area contributed by atoms with Gasteiger partial charge in [-0.1, -0.05) is 18.2 Å². The number of hydrogen-bond donors (Lipinski definition) is 1. The number of fused-ring (bicyclic) bond motifs is 1. The van der Waals surface area contributed by atoms with Crippen LogP contribution in [0.2, 0.25) is 0 Å². The lowest BCUT2D eigenvalue weighted by Crippen LogP contribution is -2.11. The second-order valence-corrected chi connectivity index (χ2v) is 4.46. The molecule has 0 radical (unpaired) electrons. The quantitative estimate of drug-likeness (QED) is 0.706. The summed E-state index contributed by atoms with van der Waals surface area (Å²) in [4.78, 5) is 6.40. The van der Waals surface area contributed by atoms with Crippen LogP contribution in [-0.4, -0.2) is 12.0 Å². The summed E-state index contributed by atoms with van der Waals surface area (Å²) in [6.45, 7) is 0. The fourth-order valence-electron chi connectivity index (χ4n) is 2.25. The van der Waals surface area contributed by atoms with Crippen LogP contribution in [-0.2, 0) is 0 Å². The molecule has 0 fully saturated rings. The number of nitrogens with two attached hydrogens (primary N) is 1. The van der Waals surface area contributed by atoms with E-state index in [2.05, 4.69) is 22.0 Å². The largest absolute Gasteiger partial charge is 0.396 e. The van der Waals surface area contributed by atoms with Crippen LogP contribution >= 0.6 is 0 Å². The molecule has 0 saturated carbocycles. The highest BCUT2D eigenvalue weighted by molar-refractivity contribution is 5.98. The van der Waals surface area contributed by atoms with Crippen molar-refractivity contribution in [3.63, 3.8) is 0 Å². The highest BCUT2D eigenvalue weighted by Crippen LogP contribution is 2.33. The van der Waals surface area contributed by atoms with Crippen molar-refractivity contribution in [2.45, 2.75) is 0 Å². The molecular formula is C16H15N3. The monoisotopic (exact) mass is 249 g/mol. The average molecular weight is 249 g/mol. The Morgan fingerprint density at radius 3 is 2.53 bits per heavy atom. The molecule has 0 bridgehead atoms. The lowest BCUT2D eigenvalue weighted by molar-refractivity contribution is 1.21. The zero-order valence-corrected chi connectivity index (χ0v) is 10.7. The number of para-hydroxylation sites is 1. The van der Waals surface area contributed by atoms with E-state index in [9.17, 15) is 0 Å². The van der Waals surface area contributed by atoms with E-state index in [4.69, 9.17) is 5.73 Å². The smallest absolute Gasteiger partial charge is 0.0724 e. The summed E-state index contributed by atoms with van der Waals surface area (Å²) in [6, 6.07) is 18.1. The fraction of sp³-hybridized carbons (Fsp3) is 0.0625. The minimum absolute atomic E-state index is 0.761. The molecule has 0 saturated heterocycles. The molecule has 2 aromatic carbocycles. The number of nitrogens with zero attached hydrogens (tertiary/aromatic N) is 2. The third kappa shape index (κ3) is 1.99. The van der Waals surface area contributed by atoms with E-state index in [0.717, 1.165) is 28.0 Å². The molecule has 1 heterocycles. The topological polar surface area (TPSA) is 42.2 Å². The number of pyridine rings is 1. The SMILES string of the molecule is CN(c1ccccc1)c1ccc2ncccc2c1N. The molecule has 0 aliphatic heterocycles. The van der Waals surface area contributed by atoms with Crippen LogP contribution in [0.5, 0.6) is 0 Å². The Balaban J connectivity index is 2.13. The average Bonchev–Trinajstić information content (AvgIpc) is 2.48. The van der Waals surface area contributed by atoms with Gasteiger partial charge in [0.25, 0.3) is 0 Å². The highest BCUT2D eigenvalue weighted by atomic mass is 15.1. The first-order chi connectivity index (χ1) is 9.27. The molecule has 2 N–H and O–H groups in total. The standard InChI is InChI=1S/C16H15N3/c1-19(12-6-3-2-4-7-12)15-10-9-14-13(16(15)17)8-5-11-18-14/h2-11H,17H2,1H3. The lowest BCUT2D eigenvalue weighted by Gasteiger charge is -2.22. The fourth-order valence-corrected chi connectivity index (χ4v) is 2.25. The summed E-state index contributed by atoms with van der Waals surface area (Å²) in [5.41, 5.74) is 10.1. The van der Waals surface area contributed by atoms with E-state index in [-0.39, 0.29) is 0 Å². The normalized spacial score (nSPS) is 10.6. The Labute approximate surface area is 112 Å². The van der Waals surface area contributed by atoms with E-state index in [1.165, 1.54) is 0 Å². The number of hydrogen-bond acceptors (Lipinski definition) is 3. The third-order valence-corrected chi connectivity index (χ3v) is 3.31. The van der Waals surface area contributed by atoms with Crippen molar-refractivity contribution in [1.82, 2.24) is 4.98 Å². The predicted octanol–water partition coefficient (Wildman–Crippen LogP) is 3.58. The highest BCUT2D eigenvalue weighted by Gasteiger charge is 2.10. The molecule has 0 unspecified atom stereocenters. The van der Waals surface area contributed by atoms with Crippen LogP contribution in [0.15, 0.2) is 60.8 Å². The summed E-state index contributed by atoms with van der Waals surface area (Å²) in [5.74, 6) is 0. The van der Waals surface area contributed by atoms with Crippen molar-refractivity contribution >= 4 is 28.0 Å². The molecule has 3 rings (SSSR count). The summed E-state index contributed by atoms with van der Waals surface area (Å²) in [6.07, 6.45) is 1.78. The van der Waals surface area contributed by atoms with E-state index in [0.29, 0.717) is 0 Å². The molecule has 0 aliphatic rings. The first kappa shape index (κ1) is 11.5. The number of nitrogen functional groups attached to an aromatic ring is 1. The number of anilines is 3. The van der Waals surface area contributed by atoms with Gasteiger partial charge in [-0.05, 0) is 36.4 Å². The maximum Gasteiger partial charge on any atom is 0.0724 e. The Kier molecular flexibility index (Phi) is 2.80. The molecule has 3 aromatic rings. The van der Waals surface area contributed by atoms with Crippen LogP contribution in [0.1, 0.15) is 0 Å². The summed E-state index contributed by atoms with van der Waals surface area (Å²) < 4.78 is 0. The molecule has 19 heavy (non-hydrogen) atoms. The van der Waals surface area contributed by atoms with Gasteiger partial charge < -0.3 is 10.6 Å². The first-order valence-corrected chi connectivity index (χ1v) is 6.19. The van der Waals surface area contributed by atoms with Crippen molar-refractivity contribution in [1.29, 1.82) is 0 Å².